The van der Waals surface area contributed by atoms with Crippen LogP contribution in [0.15, 0.2) is 77.7 Å². The number of nitrogens with one attached hydrogen (secondary N) is 1. The Labute approximate surface area is 265 Å². The van der Waals surface area contributed by atoms with Crippen LogP contribution in [0.25, 0.3) is 0 Å². The molecule has 2 amide bonds. The summed E-state index contributed by atoms with van der Waals surface area (Å²) in [6.07, 6.45) is 5.29. The summed E-state index contributed by atoms with van der Waals surface area (Å²) in [7, 11) is -2.78. The zero-order valence-electron chi connectivity index (χ0n) is 26.1. The fourth-order valence-electron chi connectivity index (χ4n) is 5.57. The molecule has 1 aliphatic carbocycles. The molecule has 9 nitrogen and oxygen atoms in total. The second-order valence-electron chi connectivity index (χ2n) is 11.0. The summed E-state index contributed by atoms with van der Waals surface area (Å²) in [5, 5.41) is 3.14. The van der Waals surface area contributed by atoms with E-state index in [1.165, 1.54) is 4.90 Å². The van der Waals surface area contributed by atoms with Crippen molar-refractivity contribution in [3.8, 4) is 11.5 Å². The van der Waals surface area contributed by atoms with Crippen LogP contribution in [-0.2, 0) is 26.2 Å². The zero-order valence-corrected chi connectivity index (χ0v) is 26.9. The van der Waals surface area contributed by atoms with Gasteiger partial charge in [0.05, 0.1) is 24.3 Å². The molecule has 0 radical (unpaired) electrons. The number of hydrogen-bond donors (Lipinski definition) is 1. The molecule has 0 aromatic heterocycles. The number of methoxy groups -OCH3 is 1. The van der Waals surface area contributed by atoms with Crippen molar-refractivity contribution in [2.75, 3.05) is 24.6 Å². The third-order valence-corrected chi connectivity index (χ3v) is 9.73. The molecule has 4 rings (SSSR count). The number of anilines is 1. The van der Waals surface area contributed by atoms with Gasteiger partial charge in [-0.1, -0.05) is 38.3 Å². The first kappa shape index (κ1) is 33.8. The minimum atomic E-state index is -4.33. The van der Waals surface area contributed by atoms with Gasteiger partial charge >= 0.3 is 0 Å². The topological polar surface area (TPSA) is 105 Å². The number of ether oxygens (including phenoxy) is 2. The van der Waals surface area contributed by atoms with Crippen LogP contribution in [0.5, 0.6) is 11.5 Å². The summed E-state index contributed by atoms with van der Waals surface area (Å²) in [6.45, 7) is 3.56. The smallest absolute Gasteiger partial charge is 0.264 e. The van der Waals surface area contributed by atoms with Crippen LogP contribution in [0, 0.1) is 5.82 Å². The van der Waals surface area contributed by atoms with Gasteiger partial charge in [-0.05, 0) is 92.4 Å². The van der Waals surface area contributed by atoms with Crippen LogP contribution in [0.2, 0.25) is 0 Å². The lowest BCUT2D eigenvalue weighted by Gasteiger charge is -2.34. The normalized spacial score (nSPS) is 14.3. The molecule has 1 saturated carbocycles. The zero-order chi connectivity index (χ0) is 32.4. The number of hydrogen-bond acceptors (Lipinski definition) is 6. The maximum absolute atomic E-state index is 14.3. The van der Waals surface area contributed by atoms with Crippen molar-refractivity contribution >= 4 is 27.5 Å². The fraction of sp³-hybridized carbons (Fsp3) is 0.412. The fourth-order valence-corrected chi connectivity index (χ4v) is 6.98. The molecule has 242 valence electrons. The summed E-state index contributed by atoms with van der Waals surface area (Å²) < 4.78 is 53.6. The molecule has 1 aliphatic rings. The Balaban J connectivity index is 1.72. The molecule has 0 saturated heterocycles. The van der Waals surface area contributed by atoms with Crippen LogP contribution in [-0.4, -0.2) is 57.5 Å². The molecular weight excluding hydrogens is 597 g/mol. The monoisotopic (exact) mass is 639 g/mol. The quantitative estimate of drug-likeness (QED) is 0.243. The second-order valence-corrected chi connectivity index (χ2v) is 12.9. The minimum Gasteiger partial charge on any atom is -0.497 e. The molecule has 1 N–H and O–H groups in total. The van der Waals surface area contributed by atoms with E-state index in [2.05, 4.69) is 5.32 Å². The predicted octanol–water partition coefficient (Wildman–Crippen LogP) is 5.68. The summed E-state index contributed by atoms with van der Waals surface area (Å²) in [5.41, 5.74) is 0.942. The Morgan fingerprint density at radius 3 is 2.27 bits per heavy atom. The van der Waals surface area contributed by atoms with Gasteiger partial charge in [-0.25, -0.2) is 12.8 Å². The van der Waals surface area contributed by atoms with Crippen LogP contribution in [0.3, 0.4) is 0 Å². The van der Waals surface area contributed by atoms with Gasteiger partial charge in [-0.15, -0.1) is 0 Å². The lowest BCUT2D eigenvalue weighted by Crippen LogP contribution is -2.54. The number of carbonyl (C=O) groups is 2. The van der Waals surface area contributed by atoms with Gasteiger partial charge in [0.15, 0.2) is 0 Å². The third-order valence-electron chi connectivity index (χ3n) is 7.94. The highest BCUT2D eigenvalue weighted by Crippen LogP contribution is 2.27. The van der Waals surface area contributed by atoms with Crippen molar-refractivity contribution in [2.24, 2.45) is 0 Å². The molecular formula is C34H42FN3O6S. The van der Waals surface area contributed by atoms with Gasteiger partial charge in [0.2, 0.25) is 11.8 Å². The Hall–Kier alpha value is -4.12. The van der Waals surface area contributed by atoms with Gasteiger partial charge in [0.25, 0.3) is 10.0 Å². The SMILES string of the molecule is CCOc1ccc(N(CC(=O)N(Cc2cccc(OC)c2)[C@@H](CC)C(=O)NC2CCCCC2)S(=O)(=O)c2ccc(F)cc2)cc1. The predicted molar refractivity (Wildman–Crippen MR) is 171 cm³/mol. The Morgan fingerprint density at radius 1 is 0.956 bits per heavy atom. The molecule has 1 atom stereocenters. The van der Waals surface area contributed by atoms with Crippen LogP contribution in [0.4, 0.5) is 10.1 Å². The molecule has 3 aromatic rings. The molecule has 3 aromatic carbocycles. The van der Waals surface area contributed by atoms with Gasteiger partial charge in [-0.3, -0.25) is 13.9 Å². The molecule has 0 bridgehead atoms. The first-order valence-electron chi connectivity index (χ1n) is 15.4. The number of halogens is 1. The highest BCUT2D eigenvalue weighted by atomic mass is 32.2. The summed E-state index contributed by atoms with van der Waals surface area (Å²) in [4.78, 5) is 29.3. The van der Waals surface area contributed by atoms with Crippen molar-refractivity contribution in [2.45, 2.75) is 75.9 Å². The van der Waals surface area contributed by atoms with E-state index >= 15 is 0 Å². The Morgan fingerprint density at radius 2 is 1.64 bits per heavy atom. The van der Waals surface area contributed by atoms with Gasteiger partial charge in [0, 0.05) is 12.6 Å². The molecule has 11 heteroatoms. The van der Waals surface area contributed by atoms with E-state index in [1.54, 1.807) is 49.6 Å². The van der Waals surface area contributed by atoms with E-state index < -0.39 is 34.3 Å². The number of benzene rings is 3. The van der Waals surface area contributed by atoms with Gasteiger partial charge in [-0.2, -0.15) is 0 Å². The van der Waals surface area contributed by atoms with E-state index in [4.69, 9.17) is 9.47 Å². The van der Waals surface area contributed by atoms with Crippen molar-refractivity contribution in [1.29, 1.82) is 0 Å². The number of nitrogens with zero attached hydrogens (tertiary/aromatic N) is 2. The first-order valence-corrected chi connectivity index (χ1v) is 16.8. The number of carbonyl (C=O) groups excluding carboxylic acids is 2. The highest BCUT2D eigenvalue weighted by molar-refractivity contribution is 7.92. The summed E-state index contributed by atoms with van der Waals surface area (Å²) in [5.74, 6) is -0.291. The van der Waals surface area contributed by atoms with Crippen LogP contribution >= 0.6 is 0 Å². The van der Waals surface area contributed by atoms with Gasteiger partial charge < -0.3 is 19.7 Å². The maximum Gasteiger partial charge on any atom is 0.264 e. The number of rotatable bonds is 14. The average Bonchev–Trinajstić information content (AvgIpc) is 3.04. The molecule has 0 heterocycles. The Bertz CT molecular complexity index is 1530. The number of sulfonamides is 1. The van der Waals surface area contributed by atoms with E-state index in [9.17, 15) is 22.4 Å². The Kier molecular flexibility index (Phi) is 11.8. The molecule has 0 unspecified atom stereocenters. The lowest BCUT2D eigenvalue weighted by molar-refractivity contribution is -0.140. The van der Waals surface area contributed by atoms with Crippen molar-refractivity contribution in [3.63, 3.8) is 0 Å². The van der Waals surface area contributed by atoms with Crippen LogP contribution in [0.1, 0.15) is 57.9 Å². The summed E-state index contributed by atoms with van der Waals surface area (Å²) >= 11 is 0. The van der Waals surface area contributed by atoms with E-state index in [0.717, 1.165) is 66.2 Å². The third kappa shape index (κ3) is 8.75. The van der Waals surface area contributed by atoms with E-state index in [-0.39, 0.29) is 29.1 Å². The van der Waals surface area contributed by atoms with Gasteiger partial charge in [0.1, 0.15) is 29.9 Å². The molecule has 0 spiro atoms. The lowest BCUT2D eigenvalue weighted by atomic mass is 9.95. The maximum atomic E-state index is 14.3. The minimum absolute atomic E-state index is 0.0354. The van der Waals surface area contributed by atoms with Crippen molar-refractivity contribution in [3.05, 3.63) is 84.2 Å². The van der Waals surface area contributed by atoms with Crippen LogP contribution < -0.4 is 19.1 Å². The largest absolute Gasteiger partial charge is 0.497 e. The molecule has 45 heavy (non-hydrogen) atoms. The molecule has 1 fully saturated rings. The summed E-state index contributed by atoms with van der Waals surface area (Å²) in [6, 6.07) is 17.2. The number of amides is 2. The van der Waals surface area contributed by atoms with Crippen molar-refractivity contribution in [1.82, 2.24) is 10.2 Å². The van der Waals surface area contributed by atoms with E-state index in [0.29, 0.717) is 24.5 Å². The first-order chi connectivity index (χ1) is 21.7. The van der Waals surface area contributed by atoms with Crippen molar-refractivity contribution < 1.29 is 31.9 Å². The second kappa shape index (κ2) is 15.7. The van der Waals surface area contributed by atoms with E-state index in [1.807, 2.05) is 19.9 Å². The highest BCUT2D eigenvalue weighted by Gasteiger charge is 2.34. The average molecular weight is 640 g/mol. The standard InChI is InChI=1S/C34H42FN3O6S/c1-4-32(34(40)36-27-11-7-6-8-12-27)37(23-25-10-9-13-30(22-25)43-3)33(39)24-38(28-16-18-29(19-17-28)44-5-2)45(41,42)31-20-14-26(35)15-21-31/h9-10,13-22,27,32H,4-8,11-12,23-24H2,1-3H3,(H,36,40)/t32-/m0/s1. The molecule has 0 aliphatic heterocycles.